The first-order valence-electron chi connectivity index (χ1n) is 13.0. The van der Waals surface area contributed by atoms with Gasteiger partial charge in [-0.1, -0.05) is 11.6 Å². The molecule has 2 aromatic carbocycles. The highest BCUT2D eigenvalue weighted by atomic mass is 35.5. The molecule has 3 aromatic rings. The molecule has 0 spiro atoms. The van der Waals surface area contributed by atoms with Gasteiger partial charge in [-0.25, -0.2) is 9.78 Å². The molecule has 1 saturated carbocycles. The monoisotopic (exact) mass is 523 g/mol. The quantitative estimate of drug-likeness (QED) is 0.381. The number of benzene rings is 2. The van der Waals surface area contributed by atoms with Gasteiger partial charge in [0.25, 0.3) is 0 Å². The number of fused-ring (bicyclic) bond motifs is 3. The number of ketones is 1. The highest BCUT2D eigenvalue weighted by Crippen LogP contribution is 2.41. The first-order valence-corrected chi connectivity index (χ1v) is 13.4. The number of carbonyl (C=O) groups excluding carboxylic acids is 2. The smallest absolute Gasteiger partial charge is 0.414 e. The molecule has 1 aromatic heterocycles. The minimum absolute atomic E-state index is 0.0553. The van der Waals surface area contributed by atoms with Crippen molar-refractivity contribution in [1.29, 1.82) is 0 Å². The molecule has 2 heterocycles. The van der Waals surface area contributed by atoms with Crippen LogP contribution in [-0.2, 0) is 22.4 Å². The summed E-state index contributed by atoms with van der Waals surface area (Å²) >= 11 is 6.39. The highest BCUT2D eigenvalue weighted by molar-refractivity contribution is 6.30. The van der Waals surface area contributed by atoms with E-state index in [1.54, 1.807) is 25.0 Å². The number of ether oxygens (including phenoxy) is 2. The summed E-state index contributed by atoms with van der Waals surface area (Å²) in [4.78, 5) is 31.6. The Morgan fingerprint density at radius 3 is 2.51 bits per heavy atom. The minimum atomic E-state index is -0.346. The third kappa shape index (κ3) is 4.81. The summed E-state index contributed by atoms with van der Waals surface area (Å²) in [5.74, 6) is 2.11. The van der Waals surface area contributed by atoms with Gasteiger partial charge in [0, 0.05) is 35.0 Å². The molecular formula is C29H34ClN3O4. The number of amides is 1. The summed E-state index contributed by atoms with van der Waals surface area (Å²) in [6.45, 7) is 3.75. The van der Waals surface area contributed by atoms with Gasteiger partial charge in [-0.3, -0.25) is 9.69 Å². The first-order chi connectivity index (χ1) is 17.8. The van der Waals surface area contributed by atoms with Gasteiger partial charge in [0.05, 0.1) is 30.9 Å². The predicted octanol–water partition coefficient (Wildman–Crippen LogP) is 6.52. The van der Waals surface area contributed by atoms with Crippen LogP contribution < -0.4 is 9.64 Å². The third-order valence-corrected chi connectivity index (χ3v) is 8.28. The van der Waals surface area contributed by atoms with E-state index in [0.29, 0.717) is 17.2 Å². The van der Waals surface area contributed by atoms with Crippen LogP contribution in [0.3, 0.4) is 0 Å². The molecule has 2 aliphatic rings. The van der Waals surface area contributed by atoms with Gasteiger partial charge in [0.1, 0.15) is 17.4 Å². The number of nitrogens with zero attached hydrogens (tertiary/aromatic N) is 3. The van der Waals surface area contributed by atoms with Gasteiger partial charge >= 0.3 is 6.09 Å². The second-order valence-electron chi connectivity index (χ2n) is 10.3. The Morgan fingerprint density at radius 1 is 1.08 bits per heavy atom. The van der Waals surface area contributed by atoms with E-state index >= 15 is 0 Å². The molecule has 1 fully saturated rings. The second-order valence-corrected chi connectivity index (χ2v) is 10.8. The van der Waals surface area contributed by atoms with E-state index in [9.17, 15) is 9.59 Å². The minimum Gasteiger partial charge on any atom is -0.497 e. The molecule has 7 nitrogen and oxygen atoms in total. The van der Waals surface area contributed by atoms with Crippen LogP contribution >= 0.6 is 11.6 Å². The first kappa shape index (κ1) is 25.6. The van der Waals surface area contributed by atoms with Crippen molar-refractivity contribution in [3.8, 4) is 5.75 Å². The van der Waals surface area contributed by atoms with Crippen LogP contribution in [0.5, 0.6) is 5.75 Å². The Hall–Kier alpha value is -3.06. The van der Waals surface area contributed by atoms with Crippen LogP contribution in [0.1, 0.15) is 68.9 Å². The summed E-state index contributed by atoms with van der Waals surface area (Å²) in [6.07, 6.45) is 5.60. The van der Waals surface area contributed by atoms with Crippen molar-refractivity contribution in [1.82, 2.24) is 9.55 Å². The van der Waals surface area contributed by atoms with Crippen LogP contribution in [0.2, 0.25) is 5.02 Å². The maximum Gasteiger partial charge on any atom is 0.414 e. The average molecular weight is 524 g/mol. The number of imidazole rings is 1. The molecule has 0 N–H and O–H groups in total. The Balaban J connectivity index is 1.62. The number of aryl methyl sites for hydroxylation is 1. The molecule has 1 atom stereocenters. The van der Waals surface area contributed by atoms with Crippen molar-refractivity contribution >= 4 is 40.2 Å². The standard InChI is InChI=1S/C29H34ClN3O4/c1-17-5-10-24-25(32(17)29(35)37-4)11-12-26-28(24)31-27(15-19-13-21(30)16-23(14-19)36-3)33(26)22-8-6-20(7-9-22)18(2)34/h11-14,16-17,20,22H,5-10,15H2,1-4H3/t17-,20?,22?/m0/s1. The van der Waals surface area contributed by atoms with Crippen molar-refractivity contribution in [2.24, 2.45) is 5.92 Å². The van der Waals surface area contributed by atoms with Gasteiger partial charge in [0.2, 0.25) is 0 Å². The highest BCUT2D eigenvalue weighted by Gasteiger charge is 2.33. The fraction of sp³-hybridized carbons (Fsp3) is 0.483. The Morgan fingerprint density at radius 2 is 1.84 bits per heavy atom. The average Bonchev–Trinajstić information content (AvgIpc) is 3.25. The van der Waals surface area contributed by atoms with Crippen LogP contribution in [0.4, 0.5) is 10.5 Å². The van der Waals surface area contributed by atoms with Crippen molar-refractivity contribution in [3.05, 3.63) is 52.3 Å². The van der Waals surface area contributed by atoms with Crippen LogP contribution in [-0.4, -0.2) is 41.7 Å². The van der Waals surface area contributed by atoms with Crippen molar-refractivity contribution in [2.45, 2.75) is 70.9 Å². The van der Waals surface area contributed by atoms with E-state index < -0.39 is 0 Å². The van der Waals surface area contributed by atoms with E-state index in [4.69, 9.17) is 26.1 Å². The number of hydrogen-bond donors (Lipinski definition) is 0. The fourth-order valence-electron chi connectivity index (χ4n) is 6.12. The molecule has 0 radical (unpaired) electrons. The molecule has 0 saturated heterocycles. The van der Waals surface area contributed by atoms with Crippen molar-refractivity contribution in [3.63, 3.8) is 0 Å². The fourth-order valence-corrected chi connectivity index (χ4v) is 6.37. The number of hydrogen-bond acceptors (Lipinski definition) is 5. The number of rotatable bonds is 5. The van der Waals surface area contributed by atoms with E-state index in [1.165, 1.54) is 7.11 Å². The largest absolute Gasteiger partial charge is 0.497 e. The second kappa shape index (κ2) is 10.4. The Bertz CT molecular complexity index is 1340. The molecule has 0 unspecified atom stereocenters. The van der Waals surface area contributed by atoms with Crippen LogP contribution in [0.25, 0.3) is 11.0 Å². The van der Waals surface area contributed by atoms with Crippen LogP contribution in [0, 0.1) is 5.92 Å². The lowest BCUT2D eigenvalue weighted by Gasteiger charge is -2.34. The van der Waals surface area contributed by atoms with E-state index in [0.717, 1.165) is 72.2 Å². The predicted molar refractivity (Wildman–Crippen MR) is 145 cm³/mol. The molecule has 37 heavy (non-hydrogen) atoms. The normalized spacial score (nSPS) is 21.5. The topological polar surface area (TPSA) is 73.7 Å². The van der Waals surface area contributed by atoms with Crippen molar-refractivity contribution in [2.75, 3.05) is 19.1 Å². The molecule has 8 heteroatoms. The summed E-state index contributed by atoms with van der Waals surface area (Å²) < 4.78 is 12.9. The van der Waals surface area contributed by atoms with Crippen molar-refractivity contribution < 1.29 is 19.1 Å². The maximum absolute atomic E-state index is 12.6. The van der Waals surface area contributed by atoms with Gasteiger partial charge in [-0.2, -0.15) is 0 Å². The zero-order valence-electron chi connectivity index (χ0n) is 21.9. The van der Waals surface area contributed by atoms with E-state index in [1.807, 2.05) is 25.1 Å². The van der Waals surface area contributed by atoms with Gasteiger partial charge in [-0.15, -0.1) is 0 Å². The zero-order chi connectivity index (χ0) is 26.3. The third-order valence-electron chi connectivity index (χ3n) is 8.06. The Kier molecular flexibility index (Phi) is 7.17. The number of halogens is 1. The zero-order valence-corrected chi connectivity index (χ0v) is 22.7. The lowest BCUT2D eigenvalue weighted by atomic mass is 9.83. The summed E-state index contributed by atoms with van der Waals surface area (Å²) in [7, 11) is 3.06. The Labute approximate surface area is 222 Å². The lowest BCUT2D eigenvalue weighted by Crippen LogP contribution is -2.42. The number of methoxy groups -OCH3 is 2. The number of anilines is 1. The molecule has 196 valence electrons. The molecule has 1 aliphatic heterocycles. The molecule has 5 rings (SSSR count). The maximum atomic E-state index is 12.6. The SMILES string of the molecule is COC(=O)N1c2ccc3c(nc(Cc4cc(Cl)cc(OC)c4)n3C3CCC(C(C)=O)CC3)c2CC[C@@H]1C. The summed E-state index contributed by atoms with van der Waals surface area (Å²) in [6, 6.07) is 10.2. The van der Waals surface area contributed by atoms with Gasteiger partial charge < -0.3 is 14.0 Å². The van der Waals surface area contributed by atoms with Gasteiger partial charge in [0.15, 0.2) is 0 Å². The lowest BCUT2D eigenvalue weighted by molar-refractivity contribution is -0.121. The van der Waals surface area contributed by atoms with Gasteiger partial charge in [-0.05, 0) is 88.3 Å². The molecule has 0 bridgehead atoms. The molecular weight excluding hydrogens is 490 g/mol. The van der Waals surface area contributed by atoms with Crippen LogP contribution in [0.15, 0.2) is 30.3 Å². The molecule has 1 amide bonds. The molecule has 1 aliphatic carbocycles. The van der Waals surface area contributed by atoms with E-state index in [2.05, 4.69) is 10.6 Å². The number of carbonyl (C=O) groups is 2. The summed E-state index contributed by atoms with van der Waals surface area (Å²) in [5, 5.41) is 0.624. The van der Waals surface area contributed by atoms with E-state index in [-0.39, 0.29) is 29.9 Å². The summed E-state index contributed by atoms with van der Waals surface area (Å²) in [5.41, 5.74) is 5.00. The number of Topliss-reactive ketones (excluding diaryl/α,β-unsaturated/α-hetero) is 1. The number of aromatic nitrogens is 2.